The Morgan fingerprint density at radius 3 is 2.13 bits per heavy atom. The fourth-order valence-electron chi connectivity index (χ4n) is 3.62. The highest BCUT2D eigenvalue weighted by atomic mass is 16.5. The first kappa shape index (κ1) is 18.1. The molecule has 0 amide bonds. The molecule has 5 heterocycles. The second kappa shape index (κ2) is 7.48. The molecule has 148 valence electrons. The van der Waals surface area contributed by atoms with Crippen LogP contribution in [0.15, 0.2) is 42.5 Å². The first-order valence-corrected chi connectivity index (χ1v) is 9.79. The average molecular weight is 396 g/mol. The Kier molecular flexibility index (Phi) is 4.52. The highest BCUT2D eigenvalue weighted by molar-refractivity contribution is 5.78. The molecule has 0 saturated heterocycles. The molecule has 0 radical (unpaired) electrons. The van der Waals surface area contributed by atoms with Gasteiger partial charge in [0.05, 0.1) is 29.9 Å². The number of fused-ring (bicyclic) bond motifs is 8. The third-order valence-electron chi connectivity index (χ3n) is 5.08. The van der Waals surface area contributed by atoms with Crippen molar-refractivity contribution in [1.82, 2.24) is 19.9 Å². The molecule has 0 aromatic carbocycles. The van der Waals surface area contributed by atoms with Gasteiger partial charge in [0.25, 0.3) is 0 Å². The maximum absolute atomic E-state index is 11.6. The summed E-state index contributed by atoms with van der Waals surface area (Å²) in [6.45, 7) is 0. The predicted molar refractivity (Wildman–Crippen MR) is 119 cm³/mol. The van der Waals surface area contributed by atoms with Gasteiger partial charge in [-0.05, 0) is 78.8 Å². The van der Waals surface area contributed by atoms with E-state index < -0.39 is 0 Å². The Hall–Kier alpha value is -3.93. The van der Waals surface area contributed by atoms with Gasteiger partial charge in [-0.15, -0.1) is 0 Å². The number of methoxy groups -OCH3 is 1. The van der Waals surface area contributed by atoms with Crippen LogP contribution in [-0.2, 0) is 16.0 Å². The van der Waals surface area contributed by atoms with Crippen molar-refractivity contribution in [3.8, 4) is 0 Å². The number of aromatic nitrogens is 4. The summed E-state index contributed by atoms with van der Waals surface area (Å²) in [5.41, 5.74) is 8.37. The molecule has 0 fully saturated rings. The molecular formula is C24H20N4O2. The highest BCUT2D eigenvalue weighted by Crippen LogP contribution is 2.20. The van der Waals surface area contributed by atoms with Gasteiger partial charge in [0.2, 0.25) is 0 Å². The number of nitrogens with one attached hydrogen (secondary N) is 2. The van der Waals surface area contributed by atoms with Crippen molar-refractivity contribution < 1.29 is 9.53 Å². The zero-order valence-electron chi connectivity index (χ0n) is 16.5. The van der Waals surface area contributed by atoms with Gasteiger partial charge >= 0.3 is 5.97 Å². The molecule has 0 atom stereocenters. The summed E-state index contributed by atoms with van der Waals surface area (Å²) in [6.07, 6.45) is 8.85. The van der Waals surface area contributed by atoms with E-state index in [-0.39, 0.29) is 5.97 Å². The third-order valence-corrected chi connectivity index (χ3v) is 5.08. The van der Waals surface area contributed by atoms with Crippen molar-refractivity contribution in [3.63, 3.8) is 0 Å². The molecule has 2 aliphatic heterocycles. The van der Waals surface area contributed by atoms with Crippen LogP contribution in [0.2, 0.25) is 0 Å². The molecular weight excluding hydrogens is 376 g/mol. The van der Waals surface area contributed by atoms with Crippen molar-refractivity contribution in [3.05, 3.63) is 70.8 Å². The minimum atomic E-state index is -0.222. The van der Waals surface area contributed by atoms with E-state index in [0.717, 1.165) is 50.4 Å². The van der Waals surface area contributed by atoms with Crippen LogP contribution in [0.3, 0.4) is 0 Å². The number of hydrogen-bond donors (Lipinski definition) is 2. The van der Waals surface area contributed by atoms with Crippen LogP contribution in [0.1, 0.15) is 34.8 Å². The smallest absolute Gasteiger partial charge is 0.305 e. The number of hydrogen-bond acceptors (Lipinski definition) is 4. The van der Waals surface area contributed by atoms with E-state index in [1.807, 2.05) is 60.7 Å². The van der Waals surface area contributed by atoms with E-state index in [4.69, 9.17) is 4.74 Å². The summed E-state index contributed by atoms with van der Waals surface area (Å²) in [5.74, 6) is -0.222. The topological polar surface area (TPSA) is 83.7 Å². The minimum Gasteiger partial charge on any atom is -0.469 e. The number of carbonyl (C=O) groups excluding carboxylic acids is 1. The fraction of sp³-hybridized carbons (Fsp3) is 0.125. The lowest BCUT2D eigenvalue weighted by Gasteiger charge is -1.98. The Labute approximate surface area is 173 Å². The van der Waals surface area contributed by atoms with Crippen LogP contribution < -0.4 is 0 Å². The first-order valence-electron chi connectivity index (χ1n) is 9.79. The van der Waals surface area contributed by atoms with Gasteiger partial charge in [-0.2, -0.15) is 0 Å². The van der Waals surface area contributed by atoms with Crippen molar-refractivity contribution >= 4 is 52.3 Å². The van der Waals surface area contributed by atoms with Crippen LogP contribution in [0, 0.1) is 0 Å². The molecule has 0 aliphatic carbocycles. The van der Waals surface area contributed by atoms with Crippen molar-refractivity contribution in [2.75, 3.05) is 7.11 Å². The molecule has 6 heteroatoms. The number of aryl methyl sites for hydroxylation is 1. The molecule has 2 N–H and O–H groups in total. The van der Waals surface area contributed by atoms with Gasteiger partial charge in [0.15, 0.2) is 0 Å². The standard InChI is InChI=1S/C24H20N4O2/c1-30-24(29)9-2-15-10-22-13-20-6-5-18(26-20)11-16-3-4-17(25-16)12-19-7-8-21(27-19)14-23(15)28-22/h3-8,10-14,26,28H,2,9H2,1H3. The number of H-pyrrole nitrogens is 2. The molecule has 3 aromatic heterocycles. The molecule has 5 rings (SSSR count). The number of rotatable bonds is 3. The summed E-state index contributed by atoms with van der Waals surface area (Å²) in [7, 11) is 1.41. The van der Waals surface area contributed by atoms with Gasteiger partial charge in [0.1, 0.15) is 0 Å². The molecule has 8 bridgehead atoms. The summed E-state index contributed by atoms with van der Waals surface area (Å²) in [4.78, 5) is 27.8. The van der Waals surface area contributed by atoms with Gasteiger partial charge in [-0.3, -0.25) is 4.79 Å². The summed E-state index contributed by atoms with van der Waals surface area (Å²) < 4.78 is 4.80. The van der Waals surface area contributed by atoms with E-state index >= 15 is 0 Å². The lowest BCUT2D eigenvalue weighted by molar-refractivity contribution is -0.140. The number of carbonyl (C=O) groups is 1. The maximum atomic E-state index is 11.6. The summed E-state index contributed by atoms with van der Waals surface area (Å²) in [6, 6.07) is 14.2. The Morgan fingerprint density at radius 2 is 1.43 bits per heavy atom. The number of nitrogens with zero attached hydrogens (tertiary/aromatic N) is 2. The van der Waals surface area contributed by atoms with Crippen molar-refractivity contribution in [2.45, 2.75) is 12.8 Å². The minimum absolute atomic E-state index is 0.222. The van der Waals surface area contributed by atoms with E-state index in [2.05, 4.69) is 26.0 Å². The van der Waals surface area contributed by atoms with Gasteiger partial charge in [-0.25, -0.2) is 9.97 Å². The average Bonchev–Trinajstić information content (AvgIpc) is 3.51. The SMILES string of the molecule is COC(=O)CCc1cc2cc3ccc(cc4nc(cc5nc(cc1[nH]2)C=C5)C=C4)[nH]3. The number of ether oxygens (including phenoxy) is 1. The normalized spacial score (nSPS) is 12.3. The largest absolute Gasteiger partial charge is 0.469 e. The van der Waals surface area contributed by atoms with E-state index in [1.165, 1.54) is 7.11 Å². The van der Waals surface area contributed by atoms with Crippen LogP contribution in [0.5, 0.6) is 0 Å². The molecule has 0 unspecified atom stereocenters. The molecule has 6 nitrogen and oxygen atoms in total. The Bertz CT molecular complexity index is 1360. The molecule has 0 saturated carbocycles. The number of aromatic amines is 2. The van der Waals surface area contributed by atoms with Crippen LogP contribution >= 0.6 is 0 Å². The fourth-order valence-corrected chi connectivity index (χ4v) is 3.62. The Balaban J connectivity index is 1.73. The zero-order valence-corrected chi connectivity index (χ0v) is 16.5. The Morgan fingerprint density at radius 1 is 0.800 bits per heavy atom. The maximum Gasteiger partial charge on any atom is 0.305 e. The van der Waals surface area contributed by atoms with E-state index in [0.29, 0.717) is 12.8 Å². The predicted octanol–water partition coefficient (Wildman–Crippen LogP) is 4.76. The summed E-state index contributed by atoms with van der Waals surface area (Å²) in [5, 5.41) is 0. The monoisotopic (exact) mass is 396 g/mol. The van der Waals surface area contributed by atoms with Crippen molar-refractivity contribution in [2.24, 2.45) is 0 Å². The lowest BCUT2D eigenvalue weighted by atomic mass is 10.1. The molecule has 30 heavy (non-hydrogen) atoms. The van der Waals surface area contributed by atoms with Gasteiger partial charge in [0, 0.05) is 28.5 Å². The van der Waals surface area contributed by atoms with Crippen LogP contribution in [-0.4, -0.2) is 33.0 Å². The van der Waals surface area contributed by atoms with Gasteiger partial charge in [-0.1, -0.05) is 0 Å². The highest BCUT2D eigenvalue weighted by Gasteiger charge is 2.07. The molecule has 0 spiro atoms. The van der Waals surface area contributed by atoms with E-state index in [1.54, 1.807) is 0 Å². The second-order valence-corrected chi connectivity index (χ2v) is 7.28. The molecule has 3 aromatic rings. The quantitative estimate of drug-likeness (QED) is 0.431. The summed E-state index contributed by atoms with van der Waals surface area (Å²) >= 11 is 0. The van der Waals surface area contributed by atoms with Crippen LogP contribution in [0.4, 0.5) is 0 Å². The van der Waals surface area contributed by atoms with Crippen LogP contribution in [0.25, 0.3) is 46.4 Å². The van der Waals surface area contributed by atoms with E-state index in [9.17, 15) is 4.79 Å². The van der Waals surface area contributed by atoms with Crippen molar-refractivity contribution in [1.29, 1.82) is 0 Å². The molecule has 2 aliphatic rings. The second-order valence-electron chi connectivity index (χ2n) is 7.28. The zero-order chi connectivity index (χ0) is 20.5. The third kappa shape index (κ3) is 3.80. The first-order chi connectivity index (χ1) is 14.6. The number of esters is 1. The van der Waals surface area contributed by atoms with Gasteiger partial charge < -0.3 is 14.7 Å². The lowest BCUT2D eigenvalue weighted by Crippen LogP contribution is -2.01.